The number of hydrogen-bond acceptors (Lipinski definition) is 4. The highest BCUT2D eigenvalue weighted by atomic mass is 16.5. The van der Waals surface area contributed by atoms with Crippen LogP contribution >= 0.6 is 0 Å². The Hall–Kier alpha value is -1.40. The Morgan fingerprint density at radius 2 is 2.50 bits per heavy atom. The summed E-state index contributed by atoms with van der Waals surface area (Å²) in [5, 5.41) is 10.7. The van der Waals surface area contributed by atoms with Crippen LogP contribution in [0, 0.1) is 0 Å². The summed E-state index contributed by atoms with van der Waals surface area (Å²) in [5.74, 6) is 0.751. The Balaban J connectivity index is 1.79. The maximum atomic E-state index is 12.1. The van der Waals surface area contributed by atoms with Gasteiger partial charge in [0.2, 0.25) is 0 Å². The van der Waals surface area contributed by atoms with Gasteiger partial charge in [-0.05, 0) is 12.8 Å². The van der Waals surface area contributed by atoms with Gasteiger partial charge in [0.05, 0.1) is 5.69 Å². The van der Waals surface area contributed by atoms with Gasteiger partial charge in [-0.2, -0.15) is 5.10 Å². The van der Waals surface area contributed by atoms with Crippen LogP contribution in [0.15, 0.2) is 0 Å². The highest BCUT2D eigenvalue weighted by molar-refractivity contribution is 5.94. The molecule has 18 heavy (non-hydrogen) atoms. The van der Waals surface area contributed by atoms with Crippen LogP contribution in [-0.2, 0) is 29.5 Å². The van der Waals surface area contributed by atoms with Gasteiger partial charge in [-0.1, -0.05) is 0 Å². The minimum absolute atomic E-state index is 0.0520. The second-order valence-corrected chi connectivity index (χ2v) is 4.82. The van der Waals surface area contributed by atoms with Crippen molar-refractivity contribution in [2.75, 3.05) is 18.5 Å². The Bertz CT molecular complexity index is 463. The molecular formula is C12H18N4O2. The number of nitrogens with one attached hydrogen (secondary N) is 2. The van der Waals surface area contributed by atoms with E-state index in [2.05, 4.69) is 15.7 Å². The van der Waals surface area contributed by atoms with E-state index in [9.17, 15) is 4.79 Å². The fourth-order valence-corrected chi connectivity index (χ4v) is 2.57. The third-order valence-corrected chi connectivity index (χ3v) is 3.53. The summed E-state index contributed by atoms with van der Waals surface area (Å²) in [5.41, 5.74) is 2.19. The van der Waals surface area contributed by atoms with E-state index in [1.54, 1.807) is 4.68 Å². The summed E-state index contributed by atoms with van der Waals surface area (Å²) < 4.78 is 7.14. The molecule has 0 saturated carbocycles. The number of nitrogens with zero attached hydrogens (tertiary/aromatic N) is 2. The highest BCUT2D eigenvalue weighted by Crippen LogP contribution is 2.23. The van der Waals surface area contributed by atoms with Crippen LogP contribution in [0.2, 0.25) is 0 Å². The van der Waals surface area contributed by atoms with Crippen molar-refractivity contribution in [1.82, 2.24) is 15.1 Å². The zero-order valence-electron chi connectivity index (χ0n) is 10.5. The van der Waals surface area contributed by atoms with Gasteiger partial charge in [0.25, 0.3) is 5.91 Å². The summed E-state index contributed by atoms with van der Waals surface area (Å²) in [4.78, 5) is 12.1. The van der Waals surface area contributed by atoms with Crippen molar-refractivity contribution < 1.29 is 9.53 Å². The number of carbonyl (C=O) groups excluding carboxylic acids is 1. The highest BCUT2D eigenvalue weighted by Gasteiger charge is 2.26. The number of carbonyl (C=O) groups is 1. The SMILES string of the molecule is Cn1nc2c(c1NC(=O)C1CCCO1)CNCC2. The fourth-order valence-electron chi connectivity index (χ4n) is 2.57. The first-order chi connectivity index (χ1) is 8.75. The lowest BCUT2D eigenvalue weighted by atomic mass is 10.1. The van der Waals surface area contributed by atoms with E-state index in [0.29, 0.717) is 6.61 Å². The fraction of sp³-hybridized carbons (Fsp3) is 0.667. The molecule has 6 heteroatoms. The van der Waals surface area contributed by atoms with E-state index in [-0.39, 0.29) is 12.0 Å². The van der Waals surface area contributed by atoms with E-state index < -0.39 is 0 Å². The molecule has 0 radical (unpaired) electrons. The number of rotatable bonds is 2. The summed E-state index contributed by atoms with van der Waals surface area (Å²) in [6.07, 6.45) is 2.39. The molecule has 0 aromatic carbocycles. The van der Waals surface area contributed by atoms with Gasteiger partial charge in [-0.3, -0.25) is 9.48 Å². The summed E-state index contributed by atoms with van der Waals surface area (Å²) in [6, 6.07) is 0. The molecule has 0 aliphatic carbocycles. The number of ether oxygens (including phenoxy) is 1. The number of anilines is 1. The van der Waals surface area contributed by atoms with Crippen LogP contribution < -0.4 is 10.6 Å². The summed E-state index contributed by atoms with van der Waals surface area (Å²) in [7, 11) is 1.86. The maximum Gasteiger partial charge on any atom is 0.254 e. The second kappa shape index (κ2) is 4.70. The van der Waals surface area contributed by atoms with Crippen molar-refractivity contribution in [3.63, 3.8) is 0 Å². The lowest BCUT2D eigenvalue weighted by molar-refractivity contribution is -0.124. The van der Waals surface area contributed by atoms with Crippen molar-refractivity contribution in [2.45, 2.75) is 31.9 Å². The Labute approximate surface area is 106 Å². The van der Waals surface area contributed by atoms with Gasteiger partial charge in [0.1, 0.15) is 11.9 Å². The topological polar surface area (TPSA) is 68.2 Å². The number of fused-ring (bicyclic) bond motifs is 1. The number of hydrogen-bond donors (Lipinski definition) is 2. The molecule has 1 fully saturated rings. The zero-order valence-corrected chi connectivity index (χ0v) is 10.5. The zero-order chi connectivity index (χ0) is 12.5. The molecule has 3 heterocycles. The summed E-state index contributed by atoms with van der Waals surface area (Å²) in [6.45, 7) is 2.40. The van der Waals surface area contributed by atoms with Gasteiger partial charge >= 0.3 is 0 Å². The predicted octanol–water partition coefficient (Wildman–Crippen LogP) is 0.183. The lowest BCUT2D eigenvalue weighted by Gasteiger charge is -2.15. The molecule has 1 amide bonds. The smallest absolute Gasteiger partial charge is 0.254 e. The molecule has 2 aliphatic heterocycles. The molecule has 1 aromatic rings. The molecule has 2 aliphatic rings. The minimum atomic E-state index is -0.299. The van der Waals surface area contributed by atoms with Crippen molar-refractivity contribution in [2.24, 2.45) is 7.05 Å². The lowest BCUT2D eigenvalue weighted by Crippen LogP contribution is -2.29. The Kier molecular flexibility index (Phi) is 3.05. The largest absolute Gasteiger partial charge is 0.368 e. The van der Waals surface area contributed by atoms with Gasteiger partial charge in [-0.25, -0.2) is 0 Å². The van der Waals surface area contributed by atoms with Crippen molar-refractivity contribution in [3.8, 4) is 0 Å². The third-order valence-electron chi connectivity index (χ3n) is 3.53. The van der Waals surface area contributed by atoms with Gasteiger partial charge in [-0.15, -0.1) is 0 Å². The van der Waals surface area contributed by atoms with Crippen molar-refractivity contribution >= 4 is 11.7 Å². The first-order valence-corrected chi connectivity index (χ1v) is 6.43. The molecule has 1 atom stereocenters. The van der Waals surface area contributed by atoms with Gasteiger partial charge in [0.15, 0.2) is 0 Å². The average molecular weight is 250 g/mol. The van der Waals surface area contributed by atoms with Crippen LogP contribution in [0.5, 0.6) is 0 Å². The van der Waals surface area contributed by atoms with Gasteiger partial charge in [0, 0.05) is 38.7 Å². The Morgan fingerprint density at radius 1 is 1.61 bits per heavy atom. The summed E-state index contributed by atoms with van der Waals surface area (Å²) >= 11 is 0. The van der Waals surface area contributed by atoms with Crippen LogP contribution in [0.1, 0.15) is 24.1 Å². The van der Waals surface area contributed by atoms with Crippen LogP contribution in [-0.4, -0.2) is 34.9 Å². The number of aryl methyl sites for hydroxylation is 1. The predicted molar refractivity (Wildman–Crippen MR) is 66.2 cm³/mol. The molecule has 1 aromatic heterocycles. The standard InChI is InChI=1S/C12H18N4O2/c1-16-11(8-7-13-5-4-9(8)15-16)14-12(17)10-3-2-6-18-10/h10,13H,2-7H2,1H3,(H,14,17). The third kappa shape index (κ3) is 2.02. The molecule has 2 N–H and O–H groups in total. The molecule has 0 bridgehead atoms. The molecule has 3 rings (SSSR count). The molecule has 1 saturated heterocycles. The second-order valence-electron chi connectivity index (χ2n) is 4.82. The van der Waals surface area contributed by atoms with E-state index in [0.717, 1.165) is 49.4 Å². The normalized spacial score (nSPS) is 22.8. The maximum absolute atomic E-state index is 12.1. The molecule has 98 valence electrons. The molecule has 1 unspecified atom stereocenters. The van der Waals surface area contributed by atoms with Crippen molar-refractivity contribution in [3.05, 3.63) is 11.3 Å². The first kappa shape index (κ1) is 11.7. The molecular weight excluding hydrogens is 232 g/mol. The number of amides is 1. The van der Waals surface area contributed by atoms with E-state index in [1.165, 1.54) is 0 Å². The van der Waals surface area contributed by atoms with E-state index in [4.69, 9.17) is 4.74 Å². The molecule has 0 spiro atoms. The van der Waals surface area contributed by atoms with Gasteiger partial charge < -0.3 is 15.4 Å². The first-order valence-electron chi connectivity index (χ1n) is 6.43. The number of aromatic nitrogens is 2. The Morgan fingerprint density at radius 3 is 3.28 bits per heavy atom. The van der Waals surface area contributed by atoms with Crippen LogP contribution in [0.4, 0.5) is 5.82 Å². The quantitative estimate of drug-likeness (QED) is 0.786. The van der Waals surface area contributed by atoms with E-state index in [1.807, 2.05) is 7.05 Å². The minimum Gasteiger partial charge on any atom is -0.368 e. The molecule has 6 nitrogen and oxygen atoms in total. The van der Waals surface area contributed by atoms with Crippen LogP contribution in [0.25, 0.3) is 0 Å². The van der Waals surface area contributed by atoms with Crippen molar-refractivity contribution in [1.29, 1.82) is 0 Å². The average Bonchev–Trinajstić information content (AvgIpc) is 2.98. The van der Waals surface area contributed by atoms with E-state index >= 15 is 0 Å². The monoisotopic (exact) mass is 250 g/mol. The van der Waals surface area contributed by atoms with Crippen LogP contribution in [0.3, 0.4) is 0 Å².